The Kier molecular flexibility index (Phi) is 4.24. The molecule has 0 saturated heterocycles. The first-order valence-corrected chi connectivity index (χ1v) is 10.6. The van der Waals surface area contributed by atoms with Gasteiger partial charge in [-0.05, 0) is 59.5 Å². The van der Waals surface area contributed by atoms with Gasteiger partial charge < -0.3 is 0 Å². The highest BCUT2D eigenvalue weighted by Gasteiger charge is 2.15. The molecule has 0 saturated carbocycles. The van der Waals surface area contributed by atoms with Gasteiger partial charge in [-0.25, -0.2) is 9.97 Å². The van der Waals surface area contributed by atoms with E-state index in [1.54, 1.807) is 0 Å². The summed E-state index contributed by atoms with van der Waals surface area (Å²) in [7, 11) is 0. The number of aromatic nitrogens is 3. The van der Waals surface area contributed by atoms with E-state index in [-0.39, 0.29) is 0 Å². The van der Waals surface area contributed by atoms with Crippen LogP contribution in [-0.2, 0) is 0 Å². The third-order valence-electron chi connectivity index (χ3n) is 6.06. The van der Waals surface area contributed by atoms with Crippen molar-refractivity contribution in [2.75, 3.05) is 0 Å². The first kappa shape index (κ1) is 17.8. The van der Waals surface area contributed by atoms with Crippen LogP contribution in [0.3, 0.4) is 0 Å². The van der Waals surface area contributed by atoms with E-state index in [4.69, 9.17) is 0 Å². The van der Waals surface area contributed by atoms with Gasteiger partial charge in [0.1, 0.15) is 11.5 Å². The van der Waals surface area contributed by atoms with Crippen LogP contribution in [0.15, 0.2) is 109 Å². The van der Waals surface area contributed by atoms with Gasteiger partial charge in [0, 0.05) is 29.1 Å². The van der Waals surface area contributed by atoms with Crippen molar-refractivity contribution in [1.29, 1.82) is 0 Å². The lowest BCUT2D eigenvalue weighted by Gasteiger charge is -2.14. The summed E-state index contributed by atoms with van der Waals surface area (Å²) in [4.78, 5) is 9.24. The maximum atomic E-state index is 4.67. The lowest BCUT2D eigenvalue weighted by atomic mass is 9.91. The molecule has 3 nitrogen and oxygen atoms in total. The monoisotopic (exact) mass is 399 g/mol. The molecule has 3 heteroatoms. The van der Waals surface area contributed by atoms with Crippen LogP contribution in [0.1, 0.15) is 17.9 Å². The minimum absolute atomic E-state index is 0.476. The number of fused-ring (bicyclic) bond motifs is 3. The van der Waals surface area contributed by atoms with E-state index < -0.39 is 0 Å². The molecule has 3 heterocycles. The molecule has 3 aromatic heterocycles. The third-order valence-corrected chi connectivity index (χ3v) is 6.06. The van der Waals surface area contributed by atoms with E-state index in [9.17, 15) is 0 Å². The fraction of sp³-hybridized carbons (Fsp3) is 0.0714. The molecular formula is C28H21N3. The average Bonchev–Trinajstić information content (AvgIpc) is 3.19. The summed E-state index contributed by atoms with van der Waals surface area (Å²) in [6.07, 6.45) is 13.5. The van der Waals surface area contributed by atoms with E-state index in [0.717, 1.165) is 28.8 Å². The molecule has 6 rings (SSSR count). The molecule has 1 atom stereocenters. The summed E-state index contributed by atoms with van der Waals surface area (Å²) in [5.74, 6) is 1.36. The first-order chi connectivity index (χ1) is 15.4. The zero-order valence-electron chi connectivity index (χ0n) is 17.0. The van der Waals surface area contributed by atoms with Crippen LogP contribution < -0.4 is 0 Å². The van der Waals surface area contributed by atoms with Crippen molar-refractivity contribution < 1.29 is 0 Å². The molecule has 148 valence electrons. The van der Waals surface area contributed by atoms with Gasteiger partial charge in [0.15, 0.2) is 0 Å². The third kappa shape index (κ3) is 3.06. The highest BCUT2D eigenvalue weighted by atomic mass is 15.1. The van der Waals surface area contributed by atoms with Gasteiger partial charge in [-0.1, -0.05) is 60.7 Å². The lowest BCUT2D eigenvalue weighted by Crippen LogP contribution is -1.97. The Labute approximate surface area is 181 Å². The molecule has 1 unspecified atom stereocenters. The summed E-state index contributed by atoms with van der Waals surface area (Å²) in [6, 6.07) is 25.7. The molecule has 5 aromatic rings. The van der Waals surface area contributed by atoms with Crippen LogP contribution in [-0.4, -0.2) is 14.5 Å². The number of hydrogen-bond donors (Lipinski definition) is 0. The largest absolute Gasteiger partial charge is 0.278 e. The molecular weight excluding hydrogens is 378 g/mol. The van der Waals surface area contributed by atoms with Crippen molar-refractivity contribution in [2.24, 2.45) is 0 Å². The van der Waals surface area contributed by atoms with Gasteiger partial charge in [0.05, 0.1) is 5.52 Å². The normalized spacial score (nSPS) is 15.7. The maximum absolute atomic E-state index is 4.67. The second-order valence-electron chi connectivity index (χ2n) is 7.91. The van der Waals surface area contributed by atoms with Gasteiger partial charge in [0.25, 0.3) is 0 Å². The Morgan fingerprint density at radius 2 is 1.61 bits per heavy atom. The number of rotatable bonds is 3. The highest BCUT2D eigenvalue weighted by molar-refractivity contribution is 6.09. The van der Waals surface area contributed by atoms with E-state index in [1.807, 2.05) is 36.7 Å². The zero-order valence-corrected chi connectivity index (χ0v) is 17.0. The fourth-order valence-electron chi connectivity index (χ4n) is 4.49. The van der Waals surface area contributed by atoms with Crippen molar-refractivity contribution in [3.8, 4) is 16.9 Å². The molecule has 0 amide bonds. The van der Waals surface area contributed by atoms with Crippen LogP contribution in [0.25, 0.3) is 38.9 Å². The maximum Gasteiger partial charge on any atom is 0.146 e. The van der Waals surface area contributed by atoms with Crippen molar-refractivity contribution in [3.63, 3.8) is 0 Å². The Balaban J connectivity index is 1.47. The Hall–Kier alpha value is -3.98. The van der Waals surface area contributed by atoms with Gasteiger partial charge in [-0.15, -0.1) is 0 Å². The van der Waals surface area contributed by atoms with E-state index in [0.29, 0.717) is 5.92 Å². The molecule has 1 aliphatic rings. The van der Waals surface area contributed by atoms with E-state index in [1.165, 1.54) is 22.1 Å². The Morgan fingerprint density at radius 1 is 0.742 bits per heavy atom. The quantitative estimate of drug-likeness (QED) is 0.332. The highest BCUT2D eigenvalue weighted by Crippen LogP contribution is 2.34. The standard InChI is InChI=1S/C28H21N3/c1-2-7-20(8-3-1)21-11-13-22(14-12-21)23-15-16-26-25(19-23)24-9-6-18-30-28(24)31(26)27-10-4-5-17-29-27/h1-7,9-20H,8H2. The van der Waals surface area contributed by atoms with Crippen molar-refractivity contribution in [3.05, 3.63) is 115 Å². The van der Waals surface area contributed by atoms with Crippen molar-refractivity contribution in [1.82, 2.24) is 14.5 Å². The SMILES string of the molecule is C1=CCC(c2ccc(-c3ccc4c(c3)c3cccnc3n4-c3ccccn3)cc2)C=C1. The van der Waals surface area contributed by atoms with Crippen LogP contribution in [0.5, 0.6) is 0 Å². The lowest BCUT2D eigenvalue weighted by molar-refractivity contribution is 0.854. The van der Waals surface area contributed by atoms with Crippen LogP contribution >= 0.6 is 0 Å². The molecule has 0 N–H and O–H groups in total. The summed E-state index contributed by atoms with van der Waals surface area (Å²) in [5.41, 5.74) is 5.85. The molecule has 0 spiro atoms. The van der Waals surface area contributed by atoms with E-state index in [2.05, 4.69) is 87.4 Å². The second-order valence-corrected chi connectivity index (χ2v) is 7.91. The number of hydrogen-bond acceptors (Lipinski definition) is 2. The van der Waals surface area contributed by atoms with Gasteiger partial charge >= 0.3 is 0 Å². The number of nitrogens with zero attached hydrogens (tertiary/aromatic N) is 3. The summed E-state index contributed by atoms with van der Waals surface area (Å²) in [6.45, 7) is 0. The molecule has 0 fully saturated rings. The van der Waals surface area contributed by atoms with Crippen molar-refractivity contribution >= 4 is 21.9 Å². The van der Waals surface area contributed by atoms with Gasteiger partial charge in [-0.3, -0.25) is 4.57 Å². The van der Waals surface area contributed by atoms with Crippen LogP contribution in [0.2, 0.25) is 0 Å². The smallest absolute Gasteiger partial charge is 0.146 e. The molecule has 0 bridgehead atoms. The summed E-state index contributed by atoms with van der Waals surface area (Å²) in [5, 5.41) is 2.33. The number of pyridine rings is 2. The summed E-state index contributed by atoms with van der Waals surface area (Å²) < 4.78 is 2.14. The molecule has 0 radical (unpaired) electrons. The Morgan fingerprint density at radius 3 is 2.42 bits per heavy atom. The first-order valence-electron chi connectivity index (χ1n) is 10.6. The van der Waals surface area contributed by atoms with E-state index >= 15 is 0 Å². The van der Waals surface area contributed by atoms with Crippen LogP contribution in [0.4, 0.5) is 0 Å². The molecule has 31 heavy (non-hydrogen) atoms. The average molecular weight is 399 g/mol. The summed E-state index contributed by atoms with van der Waals surface area (Å²) >= 11 is 0. The predicted molar refractivity (Wildman–Crippen MR) is 127 cm³/mol. The number of benzene rings is 2. The second kappa shape index (κ2) is 7.37. The van der Waals surface area contributed by atoms with Crippen molar-refractivity contribution in [2.45, 2.75) is 12.3 Å². The molecule has 1 aliphatic carbocycles. The zero-order chi connectivity index (χ0) is 20.6. The number of allylic oxidation sites excluding steroid dienone is 4. The Bertz CT molecular complexity index is 1440. The molecule has 2 aromatic carbocycles. The fourth-order valence-corrected chi connectivity index (χ4v) is 4.49. The van der Waals surface area contributed by atoms with Gasteiger partial charge in [0.2, 0.25) is 0 Å². The van der Waals surface area contributed by atoms with Gasteiger partial charge in [-0.2, -0.15) is 0 Å². The predicted octanol–water partition coefficient (Wildman–Crippen LogP) is 6.84. The minimum Gasteiger partial charge on any atom is -0.278 e. The topological polar surface area (TPSA) is 30.7 Å². The molecule has 0 aliphatic heterocycles. The minimum atomic E-state index is 0.476. The van der Waals surface area contributed by atoms with Crippen LogP contribution in [0, 0.1) is 0 Å².